The molecule has 1 heterocycles. The van der Waals surface area contributed by atoms with Crippen molar-refractivity contribution in [2.45, 2.75) is 13.0 Å². The molecule has 1 aliphatic rings. The minimum atomic E-state index is -0.910. The number of carboxylic acid groups (broad SMARTS) is 1. The molecule has 4 heteroatoms. The maximum Gasteiger partial charge on any atom is 0.336 e. The Labute approximate surface area is 86.7 Å². The fourth-order valence-electron chi connectivity index (χ4n) is 1.75. The van der Waals surface area contributed by atoms with Crippen LogP contribution in [0.25, 0.3) is 0 Å². The third-order valence-electron chi connectivity index (χ3n) is 2.41. The quantitative estimate of drug-likeness (QED) is 0.743. The predicted molar refractivity (Wildman–Crippen MR) is 53.8 cm³/mol. The predicted octanol–water partition coefficient (Wildman–Crippen LogP) is 1.68. The maximum absolute atomic E-state index is 10.9. The minimum Gasteiger partial charge on any atom is -0.478 e. The molecule has 0 bridgehead atoms. The standard InChI is InChI=1S/C10H10ClNO2/c11-7-3-6-1-2-12-5-9(6)8(4-7)10(13)14/h3-4,12H,1-2,5H2,(H,13,14). The van der Waals surface area contributed by atoms with Crippen LogP contribution in [0.5, 0.6) is 0 Å². The lowest BCUT2D eigenvalue weighted by molar-refractivity contribution is 0.0695. The summed E-state index contributed by atoms with van der Waals surface area (Å²) in [7, 11) is 0. The molecule has 0 saturated heterocycles. The number of hydrogen-bond acceptors (Lipinski definition) is 2. The molecule has 0 amide bonds. The first-order chi connectivity index (χ1) is 6.68. The summed E-state index contributed by atoms with van der Waals surface area (Å²) in [6, 6.07) is 3.36. The van der Waals surface area contributed by atoms with Gasteiger partial charge in [0.05, 0.1) is 5.56 Å². The van der Waals surface area contributed by atoms with Crippen LogP contribution >= 0.6 is 11.6 Å². The SMILES string of the molecule is O=C(O)c1cc(Cl)cc2c1CNCC2. The van der Waals surface area contributed by atoms with E-state index < -0.39 is 5.97 Å². The van der Waals surface area contributed by atoms with Crippen LogP contribution in [0.4, 0.5) is 0 Å². The van der Waals surface area contributed by atoms with Gasteiger partial charge < -0.3 is 10.4 Å². The summed E-state index contributed by atoms with van der Waals surface area (Å²) >= 11 is 5.84. The van der Waals surface area contributed by atoms with Gasteiger partial charge >= 0.3 is 5.97 Å². The number of rotatable bonds is 1. The van der Waals surface area contributed by atoms with E-state index in [2.05, 4.69) is 5.32 Å². The van der Waals surface area contributed by atoms with Crippen molar-refractivity contribution >= 4 is 17.6 Å². The van der Waals surface area contributed by atoms with Gasteiger partial charge in [-0.1, -0.05) is 11.6 Å². The highest BCUT2D eigenvalue weighted by Crippen LogP contribution is 2.23. The lowest BCUT2D eigenvalue weighted by Gasteiger charge is -2.19. The summed E-state index contributed by atoms with van der Waals surface area (Å²) in [4.78, 5) is 10.9. The van der Waals surface area contributed by atoms with Crippen molar-refractivity contribution in [2.75, 3.05) is 6.54 Å². The molecule has 2 N–H and O–H groups in total. The first-order valence-electron chi connectivity index (χ1n) is 4.44. The van der Waals surface area contributed by atoms with Gasteiger partial charge in [0, 0.05) is 11.6 Å². The smallest absolute Gasteiger partial charge is 0.336 e. The third kappa shape index (κ3) is 1.61. The zero-order valence-corrected chi connectivity index (χ0v) is 8.27. The second-order valence-electron chi connectivity index (χ2n) is 3.32. The van der Waals surface area contributed by atoms with Crippen LogP contribution in [0.3, 0.4) is 0 Å². The molecule has 2 rings (SSSR count). The Morgan fingerprint density at radius 2 is 2.29 bits per heavy atom. The number of hydrogen-bond donors (Lipinski definition) is 2. The normalized spacial score (nSPS) is 14.9. The van der Waals surface area contributed by atoms with Crippen molar-refractivity contribution in [3.63, 3.8) is 0 Å². The van der Waals surface area contributed by atoms with Crippen molar-refractivity contribution < 1.29 is 9.90 Å². The Morgan fingerprint density at radius 1 is 1.50 bits per heavy atom. The van der Waals surface area contributed by atoms with Crippen LogP contribution in [0, 0.1) is 0 Å². The second kappa shape index (κ2) is 3.59. The van der Waals surface area contributed by atoms with E-state index in [0.717, 1.165) is 24.1 Å². The van der Waals surface area contributed by atoms with Gasteiger partial charge in [-0.05, 0) is 36.2 Å². The molecule has 1 aliphatic heterocycles. The third-order valence-corrected chi connectivity index (χ3v) is 2.63. The highest BCUT2D eigenvalue weighted by Gasteiger charge is 2.17. The second-order valence-corrected chi connectivity index (χ2v) is 3.76. The van der Waals surface area contributed by atoms with Crippen molar-refractivity contribution in [3.05, 3.63) is 33.8 Å². The summed E-state index contributed by atoms with van der Waals surface area (Å²) in [5.74, 6) is -0.910. The molecule has 0 atom stereocenters. The molecule has 1 aromatic carbocycles. The first kappa shape index (κ1) is 9.49. The Hall–Kier alpha value is -1.06. The molecule has 74 valence electrons. The van der Waals surface area contributed by atoms with Crippen LogP contribution in [0.1, 0.15) is 21.5 Å². The average Bonchev–Trinajstić information content (AvgIpc) is 2.16. The molecule has 0 aromatic heterocycles. The van der Waals surface area contributed by atoms with Gasteiger partial charge in [-0.2, -0.15) is 0 Å². The lowest BCUT2D eigenvalue weighted by Crippen LogP contribution is -2.25. The van der Waals surface area contributed by atoms with Crippen molar-refractivity contribution in [3.8, 4) is 0 Å². The van der Waals surface area contributed by atoms with E-state index in [9.17, 15) is 4.79 Å². The zero-order chi connectivity index (χ0) is 10.1. The lowest BCUT2D eigenvalue weighted by atomic mass is 9.96. The van der Waals surface area contributed by atoms with Gasteiger partial charge in [-0.3, -0.25) is 0 Å². The van der Waals surface area contributed by atoms with Crippen molar-refractivity contribution in [2.24, 2.45) is 0 Å². The Balaban J connectivity index is 2.58. The molecule has 0 radical (unpaired) electrons. The first-order valence-corrected chi connectivity index (χ1v) is 4.81. The van der Waals surface area contributed by atoms with E-state index in [1.165, 1.54) is 6.07 Å². The van der Waals surface area contributed by atoms with Crippen LogP contribution in [-0.2, 0) is 13.0 Å². The molecule has 1 aromatic rings. The molecule has 0 spiro atoms. The monoisotopic (exact) mass is 211 g/mol. The van der Waals surface area contributed by atoms with Gasteiger partial charge in [0.1, 0.15) is 0 Å². The van der Waals surface area contributed by atoms with E-state index in [1.54, 1.807) is 0 Å². The van der Waals surface area contributed by atoms with E-state index in [-0.39, 0.29) is 0 Å². The number of nitrogens with one attached hydrogen (secondary N) is 1. The Bertz CT molecular complexity index is 390. The topological polar surface area (TPSA) is 49.3 Å². The summed E-state index contributed by atoms with van der Waals surface area (Å²) in [5, 5.41) is 12.6. The molecular formula is C10H10ClNO2. The van der Waals surface area contributed by atoms with Gasteiger partial charge in [0.25, 0.3) is 0 Å². The highest BCUT2D eigenvalue weighted by molar-refractivity contribution is 6.31. The summed E-state index contributed by atoms with van der Waals surface area (Å²) in [6.07, 6.45) is 0.843. The number of fused-ring (bicyclic) bond motifs is 1. The van der Waals surface area contributed by atoms with Crippen LogP contribution < -0.4 is 5.32 Å². The Kier molecular flexibility index (Phi) is 2.44. The minimum absolute atomic E-state index is 0.319. The zero-order valence-electron chi connectivity index (χ0n) is 7.51. The van der Waals surface area contributed by atoms with E-state index in [1.807, 2.05) is 6.07 Å². The molecule has 0 unspecified atom stereocenters. The molecule has 0 fully saturated rings. The van der Waals surface area contributed by atoms with Crippen molar-refractivity contribution in [1.29, 1.82) is 0 Å². The number of carboxylic acids is 1. The van der Waals surface area contributed by atoms with Crippen LogP contribution in [-0.4, -0.2) is 17.6 Å². The molecule has 0 saturated carbocycles. The van der Waals surface area contributed by atoms with E-state index in [4.69, 9.17) is 16.7 Å². The fourth-order valence-corrected chi connectivity index (χ4v) is 1.99. The molecular weight excluding hydrogens is 202 g/mol. The Morgan fingerprint density at radius 3 is 3.00 bits per heavy atom. The van der Waals surface area contributed by atoms with Gasteiger partial charge in [0.15, 0.2) is 0 Å². The fraction of sp³-hybridized carbons (Fsp3) is 0.300. The van der Waals surface area contributed by atoms with Gasteiger partial charge in [-0.25, -0.2) is 4.79 Å². The number of halogens is 1. The number of aromatic carboxylic acids is 1. The van der Waals surface area contributed by atoms with E-state index in [0.29, 0.717) is 17.1 Å². The maximum atomic E-state index is 10.9. The molecule has 3 nitrogen and oxygen atoms in total. The van der Waals surface area contributed by atoms with E-state index >= 15 is 0 Å². The molecule has 14 heavy (non-hydrogen) atoms. The molecule has 0 aliphatic carbocycles. The number of benzene rings is 1. The van der Waals surface area contributed by atoms with Crippen molar-refractivity contribution in [1.82, 2.24) is 5.32 Å². The van der Waals surface area contributed by atoms with Gasteiger partial charge in [0.2, 0.25) is 0 Å². The van der Waals surface area contributed by atoms with Crippen LogP contribution in [0.15, 0.2) is 12.1 Å². The summed E-state index contributed by atoms with van der Waals surface area (Å²) in [6.45, 7) is 1.50. The summed E-state index contributed by atoms with van der Waals surface area (Å²) in [5.41, 5.74) is 2.24. The largest absolute Gasteiger partial charge is 0.478 e. The average molecular weight is 212 g/mol. The van der Waals surface area contributed by atoms with Crippen LogP contribution in [0.2, 0.25) is 5.02 Å². The van der Waals surface area contributed by atoms with Gasteiger partial charge in [-0.15, -0.1) is 0 Å². The highest BCUT2D eigenvalue weighted by atomic mass is 35.5. The summed E-state index contributed by atoms with van der Waals surface area (Å²) < 4.78 is 0. The number of carbonyl (C=O) groups is 1.